The molecule has 0 aromatic heterocycles. The molecule has 0 aliphatic heterocycles. The molecule has 0 saturated carbocycles. The molecule has 132 valence electrons. The van der Waals surface area contributed by atoms with Gasteiger partial charge in [-0.3, -0.25) is 10.2 Å². The van der Waals surface area contributed by atoms with E-state index in [9.17, 15) is 4.79 Å². The Morgan fingerprint density at radius 2 is 1.59 bits per heavy atom. The van der Waals surface area contributed by atoms with Crippen molar-refractivity contribution in [3.8, 4) is 0 Å². The van der Waals surface area contributed by atoms with Gasteiger partial charge in [-0.1, -0.05) is 0 Å². The van der Waals surface area contributed by atoms with Crippen molar-refractivity contribution in [1.82, 2.24) is 5.32 Å². The van der Waals surface area contributed by atoms with Crippen LogP contribution < -0.4 is 16.8 Å². The average molecular weight is 326 g/mol. The highest BCUT2D eigenvalue weighted by Gasteiger charge is 2.22. The monoisotopic (exact) mass is 326 g/mol. The van der Waals surface area contributed by atoms with Crippen LogP contribution in [0.25, 0.3) is 0 Å². The molecule has 0 aliphatic rings. The molecule has 0 fully saturated rings. The lowest BCUT2D eigenvalue weighted by Crippen LogP contribution is -2.41. The molecule has 0 amide bonds. The third kappa shape index (κ3) is 12.3. The number of nitrogens with two attached hydrogens (primary N) is 2. The normalized spacial score (nSPS) is 15.7. The predicted octanol–water partition coefficient (Wildman–Crippen LogP) is -4.28. The molecule has 0 spiro atoms. The van der Waals surface area contributed by atoms with Crippen molar-refractivity contribution in [2.24, 2.45) is 11.5 Å². The average Bonchev–Trinajstić information content (AvgIpc) is 2.49. The van der Waals surface area contributed by atoms with Crippen molar-refractivity contribution < 1.29 is 35.4 Å². The lowest BCUT2D eigenvalue weighted by molar-refractivity contribution is -0.138. The maximum absolute atomic E-state index is 10.2. The zero-order valence-electron chi connectivity index (χ0n) is 12.1. The van der Waals surface area contributed by atoms with Gasteiger partial charge in [0.25, 0.3) is 0 Å². The van der Waals surface area contributed by atoms with Gasteiger partial charge < -0.3 is 47.4 Å². The predicted molar refractivity (Wildman–Crippen MR) is 77.0 cm³/mol. The highest BCUT2D eigenvalue weighted by Crippen LogP contribution is 1.98. The second-order valence-electron chi connectivity index (χ2n) is 4.42. The first-order valence-electron chi connectivity index (χ1n) is 6.49. The molecule has 12 N–H and O–H groups in total. The molecule has 0 aromatic carbocycles. The van der Waals surface area contributed by atoms with Gasteiger partial charge in [0.15, 0.2) is 5.96 Å². The highest BCUT2D eigenvalue weighted by atomic mass is 16.4. The first-order valence-corrected chi connectivity index (χ1v) is 6.49. The smallest absolute Gasteiger partial charge is 0.320 e. The maximum atomic E-state index is 10.2. The lowest BCUT2D eigenvalue weighted by Gasteiger charge is -2.19. The summed E-state index contributed by atoms with van der Waals surface area (Å²) in [7, 11) is 0. The minimum absolute atomic E-state index is 0.112. The second kappa shape index (κ2) is 13.2. The topological polar surface area (TPSA) is 226 Å². The number of aliphatic carboxylic acids is 1. The highest BCUT2D eigenvalue weighted by molar-refractivity contribution is 5.74. The van der Waals surface area contributed by atoms with Crippen molar-refractivity contribution in [3.05, 3.63) is 0 Å². The molecule has 4 atom stereocenters. The number of carboxylic acid groups (broad SMARTS) is 1. The maximum Gasteiger partial charge on any atom is 0.320 e. The van der Waals surface area contributed by atoms with Crippen LogP contribution in [0.15, 0.2) is 0 Å². The van der Waals surface area contributed by atoms with E-state index in [0.29, 0.717) is 19.4 Å². The Labute approximate surface area is 127 Å². The molecule has 0 aromatic rings. The number of carbonyl (C=O) groups is 1. The van der Waals surface area contributed by atoms with Gasteiger partial charge in [0.2, 0.25) is 0 Å². The number of guanidine groups is 1. The van der Waals surface area contributed by atoms with E-state index in [4.69, 9.17) is 47.5 Å². The zero-order chi connectivity index (χ0) is 17.7. The van der Waals surface area contributed by atoms with E-state index in [0.717, 1.165) is 0 Å². The van der Waals surface area contributed by atoms with E-state index in [1.807, 2.05) is 0 Å². The summed E-state index contributed by atoms with van der Waals surface area (Å²) in [4.78, 5) is 10.2. The van der Waals surface area contributed by atoms with Crippen LogP contribution in [0.1, 0.15) is 12.8 Å². The molecular formula is C11H26N4O7. The first kappa shape index (κ1) is 22.8. The van der Waals surface area contributed by atoms with E-state index < -0.39 is 43.5 Å². The molecule has 22 heavy (non-hydrogen) atoms. The van der Waals surface area contributed by atoms with Crippen LogP contribution in [0.3, 0.4) is 0 Å². The largest absolute Gasteiger partial charge is 0.480 e. The van der Waals surface area contributed by atoms with Crippen LogP contribution in [-0.4, -0.2) is 86.7 Å². The molecule has 0 bridgehead atoms. The minimum atomic E-state index is -1.49. The molecule has 0 heterocycles. The van der Waals surface area contributed by atoms with Gasteiger partial charge >= 0.3 is 5.97 Å². The van der Waals surface area contributed by atoms with Gasteiger partial charge in [-0.25, -0.2) is 0 Å². The molecule has 11 heteroatoms. The van der Waals surface area contributed by atoms with E-state index in [-0.39, 0.29) is 5.96 Å². The fourth-order valence-electron chi connectivity index (χ4n) is 1.14. The van der Waals surface area contributed by atoms with E-state index in [1.54, 1.807) is 0 Å². The SMILES string of the molecule is N=C(N)NCCCC(N)C(=O)O.OC[C@@H](O)[C@H](O)[C@@H](O)CO. The summed E-state index contributed by atoms with van der Waals surface area (Å²) >= 11 is 0. The quantitative estimate of drug-likeness (QED) is 0.111. The molecule has 0 rings (SSSR count). The molecule has 0 radical (unpaired) electrons. The van der Waals surface area contributed by atoms with Gasteiger partial charge in [0.1, 0.15) is 24.4 Å². The number of aliphatic hydroxyl groups is 5. The number of aliphatic hydroxyl groups excluding tert-OH is 5. The van der Waals surface area contributed by atoms with Crippen molar-refractivity contribution in [3.63, 3.8) is 0 Å². The third-order valence-corrected chi connectivity index (χ3v) is 2.49. The van der Waals surface area contributed by atoms with E-state index >= 15 is 0 Å². The number of carboxylic acids is 1. The molecule has 11 nitrogen and oxygen atoms in total. The van der Waals surface area contributed by atoms with Gasteiger partial charge in [-0.15, -0.1) is 0 Å². The Morgan fingerprint density at radius 3 is 1.91 bits per heavy atom. The Bertz CT molecular complexity index is 309. The minimum Gasteiger partial charge on any atom is -0.480 e. The zero-order valence-corrected chi connectivity index (χ0v) is 12.1. The summed E-state index contributed by atoms with van der Waals surface area (Å²) in [6.07, 6.45) is -3.32. The molecule has 0 aliphatic carbocycles. The fraction of sp³-hybridized carbons (Fsp3) is 0.818. The third-order valence-electron chi connectivity index (χ3n) is 2.49. The van der Waals surface area contributed by atoms with Crippen molar-refractivity contribution >= 4 is 11.9 Å². The number of rotatable bonds is 9. The van der Waals surface area contributed by atoms with Crippen molar-refractivity contribution in [1.29, 1.82) is 5.41 Å². The summed E-state index contributed by atoms with van der Waals surface area (Å²) in [5.41, 5.74) is 10.2. The summed E-state index contributed by atoms with van der Waals surface area (Å²) in [6, 6.07) is -0.821. The van der Waals surface area contributed by atoms with Gasteiger partial charge in [0.05, 0.1) is 13.2 Å². The van der Waals surface area contributed by atoms with Crippen LogP contribution in [0, 0.1) is 5.41 Å². The van der Waals surface area contributed by atoms with Gasteiger partial charge in [0, 0.05) is 6.54 Å². The van der Waals surface area contributed by atoms with Gasteiger partial charge in [-0.2, -0.15) is 0 Å². The summed E-state index contributed by atoms with van der Waals surface area (Å²) in [6.45, 7) is -0.799. The molecule has 0 saturated heterocycles. The number of nitrogens with one attached hydrogen (secondary N) is 2. The first-order chi connectivity index (χ1) is 10.2. The van der Waals surface area contributed by atoms with Crippen LogP contribution in [0.2, 0.25) is 0 Å². The fourth-order valence-corrected chi connectivity index (χ4v) is 1.14. The van der Waals surface area contributed by atoms with Crippen LogP contribution in [0.5, 0.6) is 0 Å². The van der Waals surface area contributed by atoms with Crippen LogP contribution >= 0.6 is 0 Å². The molecular weight excluding hydrogens is 300 g/mol. The van der Waals surface area contributed by atoms with Crippen LogP contribution in [0.4, 0.5) is 0 Å². The van der Waals surface area contributed by atoms with Gasteiger partial charge in [-0.05, 0) is 12.8 Å². The lowest BCUT2D eigenvalue weighted by atomic mass is 10.1. The Balaban J connectivity index is 0. The Hall–Kier alpha value is -1.50. The van der Waals surface area contributed by atoms with E-state index in [1.165, 1.54) is 0 Å². The summed E-state index contributed by atoms with van der Waals surface area (Å²) < 4.78 is 0. The summed E-state index contributed by atoms with van der Waals surface area (Å²) in [5, 5.41) is 60.3. The Morgan fingerprint density at radius 1 is 1.14 bits per heavy atom. The van der Waals surface area contributed by atoms with E-state index in [2.05, 4.69) is 5.32 Å². The second-order valence-corrected chi connectivity index (χ2v) is 4.42. The standard InChI is InChI=1S/C6H14N4O2.C5H12O5/c7-4(5(11)12)2-1-3-10-6(8)9;6-1-3(8)5(10)4(9)2-7/h4H,1-3,7H2,(H,11,12)(H4,8,9,10);3-10H,1-2H2/t;3-,4+,5+. The number of hydrogen-bond donors (Lipinski definition) is 10. The Kier molecular flexibility index (Phi) is 13.6. The summed E-state index contributed by atoms with van der Waals surface area (Å²) in [5.74, 6) is -1.11. The molecule has 1 unspecified atom stereocenters. The van der Waals surface area contributed by atoms with Crippen molar-refractivity contribution in [2.75, 3.05) is 19.8 Å². The van der Waals surface area contributed by atoms with Crippen molar-refractivity contribution in [2.45, 2.75) is 37.2 Å². The van der Waals surface area contributed by atoms with Crippen LogP contribution in [-0.2, 0) is 4.79 Å². The number of hydrogen-bond acceptors (Lipinski definition) is 8.